The van der Waals surface area contributed by atoms with E-state index in [0.29, 0.717) is 10.9 Å². The zero-order valence-corrected chi connectivity index (χ0v) is 24.1. The zero-order chi connectivity index (χ0) is 31.5. The highest BCUT2D eigenvalue weighted by Crippen LogP contribution is 2.65. The number of benzene rings is 1. The van der Waals surface area contributed by atoms with E-state index in [-0.39, 0.29) is 41.3 Å². The number of aromatic amines is 1. The van der Waals surface area contributed by atoms with Crippen molar-refractivity contribution in [3.8, 4) is 6.07 Å². The third-order valence-electron chi connectivity index (χ3n) is 8.50. The molecule has 9 nitrogen and oxygen atoms in total. The van der Waals surface area contributed by atoms with Gasteiger partial charge in [-0.15, -0.1) is 0 Å². The van der Waals surface area contributed by atoms with Crippen LogP contribution in [0.1, 0.15) is 45.7 Å². The second-order valence-electron chi connectivity index (χ2n) is 12.9. The highest BCUT2D eigenvalue weighted by atomic mass is 19.4. The van der Waals surface area contributed by atoms with E-state index in [9.17, 15) is 42.0 Å². The van der Waals surface area contributed by atoms with E-state index in [1.54, 1.807) is 18.3 Å². The van der Waals surface area contributed by atoms with Gasteiger partial charge < -0.3 is 20.5 Å². The molecule has 5 atom stereocenters. The first kappa shape index (κ1) is 31.0. The van der Waals surface area contributed by atoms with Crippen molar-refractivity contribution in [1.82, 2.24) is 20.5 Å². The Morgan fingerprint density at radius 3 is 2.38 bits per heavy atom. The molecule has 1 aromatic carbocycles. The van der Waals surface area contributed by atoms with E-state index >= 15 is 0 Å². The van der Waals surface area contributed by atoms with Crippen LogP contribution >= 0.6 is 0 Å². The summed E-state index contributed by atoms with van der Waals surface area (Å²) in [6.07, 6.45) is -5.39. The van der Waals surface area contributed by atoms with Crippen LogP contribution in [0.25, 0.3) is 10.9 Å². The normalized spacial score (nSPS) is 22.6. The highest BCUT2D eigenvalue weighted by molar-refractivity contribution is 5.95. The van der Waals surface area contributed by atoms with Crippen molar-refractivity contribution in [2.45, 2.75) is 72.3 Å². The number of aromatic nitrogens is 1. The van der Waals surface area contributed by atoms with Gasteiger partial charge in [-0.25, -0.2) is 4.39 Å². The average Bonchev–Trinajstić information content (AvgIpc) is 3.20. The van der Waals surface area contributed by atoms with Gasteiger partial charge in [-0.1, -0.05) is 34.6 Å². The lowest BCUT2D eigenvalue weighted by atomic mass is 9.85. The maximum Gasteiger partial charge on any atom is 0.471 e. The molecule has 1 saturated heterocycles. The summed E-state index contributed by atoms with van der Waals surface area (Å²) in [5, 5.41) is 14.8. The largest absolute Gasteiger partial charge is 0.471 e. The first-order chi connectivity index (χ1) is 19.3. The predicted octanol–water partition coefficient (Wildman–Crippen LogP) is 3.10. The van der Waals surface area contributed by atoms with Crippen LogP contribution in [0.4, 0.5) is 17.6 Å². The van der Waals surface area contributed by atoms with E-state index in [2.05, 4.69) is 10.3 Å². The van der Waals surface area contributed by atoms with Crippen LogP contribution in [0.3, 0.4) is 0 Å². The van der Waals surface area contributed by atoms with E-state index in [4.69, 9.17) is 0 Å². The molecule has 0 spiro atoms. The number of H-pyrrole nitrogens is 1. The van der Waals surface area contributed by atoms with Gasteiger partial charge in [-0.3, -0.25) is 19.2 Å². The standard InChI is InChI=1S/C29H33F4N5O4/c1-13-7-14-8-15(23(39)36-19(14)10-18(13)30)9-16(11-34)35-24(40)21-20-17(28(20,5)6)12-38(21)25(41)22(27(2,3)4)37-26(42)29(31,32)33/h7-8,10,16-17,20-22H,9,12H2,1-6H3,(H,35,40)(H,36,39)(H,37,42)/t16-,17-,20-,21-,22+/m0/s1. The van der Waals surface area contributed by atoms with Gasteiger partial charge >= 0.3 is 12.1 Å². The molecule has 13 heteroatoms. The number of pyridine rings is 1. The molecule has 0 bridgehead atoms. The lowest BCUT2D eigenvalue weighted by Crippen LogP contribution is -2.61. The molecule has 1 saturated carbocycles. The van der Waals surface area contributed by atoms with Crippen molar-refractivity contribution in [3.05, 3.63) is 45.5 Å². The summed E-state index contributed by atoms with van der Waals surface area (Å²) in [5.41, 5.74) is -1.21. The molecule has 2 aromatic rings. The number of rotatable bonds is 6. The van der Waals surface area contributed by atoms with Crippen LogP contribution < -0.4 is 16.2 Å². The zero-order valence-electron chi connectivity index (χ0n) is 24.1. The summed E-state index contributed by atoms with van der Waals surface area (Å²) in [7, 11) is 0. The number of halogens is 4. The minimum atomic E-state index is -5.21. The highest BCUT2D eigenvalue weighted by Gasteiger charge is 2.70. The number of likely N-dealkylation sites (tertiary alicyclic amines) is 1. The number of amides is 3. The molecule has 3 amide bonds. The molecule has 3 N–H and O–H groups in total. The van der Waals surface area contributed by atoms with Crippen LogP contribution in [-0.2, 0) is 20.8 Å². The average molecular weight is 592 g/mol. The topological polar surface area (TPSA) is 135 Å². The maximum atomic E-state index is 13.9. The lowest BCUT2D eigenvalue weighted by molar-refractivity contribution is -0.176. The number of piperidine rings is 1. The predicted molar refractivity (Wildman–Crippen MR) is 144 cm³/mol. The Bertz CT molecular complexity index is 1550. The van der Waals surface area contributed by atoms with Crippen LogP contribution in [0.5, 0.6) is 0 Å². The number of carbonyl (C=O) groups excluding carboxylic acids is 3. The van der Waals surface area contributed by atoms with Crippen molar-refractivity contribution in [1.29, 1.82) is 5.26 Å². The quantitative estimate of drug-likeness (QED) is 0.444. The second kappa shape index (κ2) is 10.4. The Labute approximate surface area is 239 Å². The summed E-state index contributed by atoms with van der Waals surface area (Å²) in [6, 6.07) is 2.36. The fraction of sp³-hybridized carbons (Fsp3) is 0.552. The third-order valence-corrected chi connectivity index (χ3v) is 8.50. The van der Waals surface area contributed by atoms with Gasteiger partial charge in [0.2, 0.25) is 11.8 Å². The molecule has 0 radical (unpaired) electrons. The number of nitrogens with zero attached hydrogens (tertiary/aromatic N) is 2. The Kier molecular flexibility index (Phi) is 7.67. The van der Waals surface area contributed by atoms with Crippen molar-refractivity contribution in [2.24, 2.45) is 22.7 Å². The fourth-order valence-corrected chi connectivity index (χ4v) is 5.99. The molecule has 0 unspecified atom stereocenters. The minimum Gasteiger partial charge on any atom is -0.338 e. The monoisotopic (exact) mass is 591 g/mol. The Morgan fingerprint density at radius 2 is 1.81 bits per heavy atom. The van der Waals surface area contributed by atoms with Gasteiger partial charge in [0.25, 0.3) is 5.56 Å². The van der Waals surface area contributed by atoms with Gasteiger partial charge in [0, 0.05) is 18.5 Å². The fourth-order valence-electron chi connectivity index (χ4n) is 5.99. The maximum absolute atomic E-state index is 13.9. The molecule has 226 valence electrons. The summed E-state index contributed by atoms with van der Waals surface area (Å²) >= 11 is 0. The Hall–Kier alpha value is -3.95. The van der Waals surface area contributed by atoms with Crippen LogP contribution in [0.2, 0.25) is 0 Å². The molecule has 2 fully saturated rings. The number of hydrogen-bond donors (Lipinski definition) is 3. The van der Waals surface area contributed by atoms with Gasteiger partial charge in [0.15, 0.2) is 0 Å². The summed E-state index contributed by atoms with van der Waals surface area (Å²) in [4.78, 5) is 55.5. The third kappa shape index (κ3) is 5.71. The summed E-state index contributed by atoms with van der Waals surface area (Å²) in [5.74, 6) is -4.69. The Balaban J connectivity index is 1.58. The second-order valence-corrected chi connectivity index (χ2v) is 12.9. The number of hydrogen-bond acceptors (Lipinski definition) is 5. The van der Waals surface area contributed by atoms with Crippen LogP contribution in [0.15, 0.2) is 23.0 Å². The SMILES string of the molecule is Cc1cc2cc(C[C@@H](C#N)NC(=O)[C@@H]3[C@@H]4[C@H](CN3C(=O)[C@@H](NC(=O)C(F)(F)F)C(C)(C)C)C4(C)C)c(=O)[nH]c2cc1F. The summed E-state index contributed by atoms with van der Waals surface area (Å²) < 4.78 is 53.1. The minimum absolute atomic E-state index is 0.0977. The molecule has 2 aliphatic rings. The number of fused-ring (bicyclic) bond motifs is 2. The number of carbonyl (C=O) groups is 3. The van der Waals surface area contributed by atoms with Gasteiger partial charge in [-0.05, 0) is 58.7 Å². The molecule has 1 aromatic heterocycles. The van der Waals surface area contributed by atoms with Crippen molar-refractivity contribution >= 4 is 28.6 Å². The van der Waals surface area contributed by atoms with Crippen LogP contribution in [0, 0.1) is 46.7 Å². The van der Waals surface area contributed by atoms with Crippen molar-refractivity contribution in [2.75, 3.05) is 6.54 Å². The van der Waals surface area contributed by atoms with Gasteiger partial charge in [0.05, 0.1) is 11.6 Å². The van der Waals surface area contributed by atoms with Gasteiger partial charge in [-0.2, -0.15) is 18.4 Å². The number of aryl methyl sites for hydroxylation is 1. The van der Waals surface area contributed by atoms with Gasteiger partial charge in [0.1, 0.15) is 23.9 Å². The van der Waals surface area contributed by atoms with Crippen molar-refractivity contribution < 1.29 is 31.9 Å². The summed E-state index contributed by atoms with van der Waals surface area (Å²) in [6.45, 7) is 10.0. The molecule has 4 rings (SSSR count). The van der Waals surface area contributed by atoms with E-state index in [0.717, 1.165) is 0 Å². The van der Waals surface area contributed by atoms with E-state index in [1.807, 2.05) is 19.9 Å². The van der Waals surface area contributed by atoms with Crippen LogP contribution in [-0.4, -0.2) is 58.5 Å². The van der Waals surface area contributed by atoms with E-state index in [1.165, 1.54) is 37.8 Å². The first-order valence-corrected chi connectivity index (χ1v) is 13.5. The van der Waals surface area contributed by atoms with E-state index < -0.39 is 58.8 Å². The smallest absolute Gasteiger partial charge is 0.338 e. The number of nitrogens with one attached hydrogen (secondary N) is 3. The Morgan fingerprint density at radius 1 is 1.17 bits per heavy atom. The number of alkyl halides is 3. The number of nitriles is 1. The molecule has 1 aliphatic carbocycles. The molecule has 42 heavy (non-hydrogen) atoms. The molecule has 2 heterocycles. The first-order valence-electron chi connectivity index (χ1n) is 13.5. The lowest BCUT2D eigenvalue weighted by Gasteiger charge is -2.37. The van der Waals surface area contributed by atoms with Crippen molar-refractivity contribution in [3.63, 3.8) is 0 Å². The molecule has 1 aliphatic heterocycles. The molecular formula is C29H33F4N5O4. The molecular weight excluding hydrogens is 558 g/mol.